The monoisotopic (exact) mass is 350 g/mol. The summed E-state index contributed by atoms with van der Waals surface area (Å²) in [6.07, 6.45) is 0. The van der Waals surface area contributed by atoms with Crippen molar-refractivity contribution in [2.45, 2.75) is 9.79 Å². The second-order valence-electron chi connectivity index (χ2n) is 4.99. The van der Waals surface area contributed by atoms with Gasteiger partial charge in [-0.1, -0.05) is 54.6 Å². The van der Waals surface area contributed by atoms with E-state index in [1.807, 2.05) is 60.7 Å². The lowest BCUT2D eigenvalue weighted by molar-refractivity contribution is 0.108. The molecule has 2 nitrogen and oxygen atoms in total. The molecular formula is C20H14O2S2. The maximum Gasteiger partial charge on any atom is 0.224 e. The SMILES string of the molecule is O=C(Sc1ccccc1)c1cccc(C(=O)Sc2ccccc2)c1. The molecule has 0 heterocycles. The minimum Gasteiger partial charge on any atom is -0.281 e. The van der Waals surface area contributed by atoms with Crippen LogP contribution in [-0.4, -0.2) is 10.2 Å². The summed E-state index contributed by atoms with van der Waals surface area (Å²) in [6, 6.07) is 25.9. The zero-order valence-electron chi connectivity index (χ0n) is 12.7. The summed E-state index contributed by atoms with van der Waals surface area (Å²) >= 11 is 2.33. The lowest BCUT2D eigenvalue weighted by atomic mass is 10.1. The van der Waals surface area contributed by atoms with Gasteiger partial charge < -0.3 is 0 Å². The third kappa shape index (κ3) is 4.37. The highest BCUT2D eigenvalue weighted by Gasteiger charge is 2.13. The van der Waals surface area contributed by atoms with Gasteiger partial charge in [0, 0.05) is 20.9 Å². The van der Waals surface area contributed by atoms with Crippen LogP contribution in [0, 0.1) is 0 Å². The summed E-state index contributed by atoms with van der Waals surface area (Å²) in [5.74, 6) is 0. The molecule has 3 aromatic carbocycles. The Hall–Kier alpha value is -2.30. The van der Waals surface area contributed by atoms with E-state index in [0.29, 0.717) is 11.1 Å². The van der Waals surface area contributed by atoms with Gasteiger partial charge >= 0.3 is 0 Å². The van der Waals surface area contributed by atoms with Gasteiger partial charge in [0.2, 0.25) is 10.2 Å². The Morgan fingerprint density at radius 2 is 0.958 bits per heavy atom. The molecule has 0 aliphatic carbocycles. The summed E-state index contributed by atoms with van der Waals surface area (Å²) in [5.41, 5.74) is 1.06. The van der Waals surface area contributed by atoms with Crippen LogP contribution in [0.5, 0.6) is 0 Å². The second kappa shape index (κ2) is 7.99. The standard InChI is InChI=1S/C20H14O2S2/c21-19(23-17-10-3-1-4-11-17)15-8-7-9-16(14-15)20(22)24-18-12-5-2-6-13-18/h1-14H. The Morgan fingerprint density at radius 3 is 1.38 bits per heavy atom. The summed E-state index contributed by atoms with van der Waals surface area (Å²) in [7, 11) is 0. The van der Waals surface area contributed by atoms with Crippen molar-refractivity contribution in [2.24, 2.45) is 0 Å². The van der Waals surface area contributed by atoms with Crippen LogP contribution in [0.4, 0.5) is 0 Å². The van der Waals surface area contributed by atoms with Gasteiger partial charge in [0.05, 0.1) is 0 Å². The van der Waals surface area contributed by atoms with Gasteiger partial charge in [0.25, 0.3) is 0 Å². The largest absolute Gasteiger partial charge is 0.281 e. The molecule has 24 heavy (non-hydrogen) atoms. The van der Waals surface area contributed by atoms with Gasteiger partial charge in [-0.25, -0.2) is 0 Å². The van der Waals surface area contributed by atoms with E-state index in [1.54, 1.807) is 24.3 Å². The molecule has 0 bridgehead atoms. The summed E-state index contributed by atoms with van der Waals surface area (Å²) in [6.45, 7) is 0. The van der Waals surface area contributed by atoms with Gasteiger partial charge in [-0.15, -0.1) is 0 Å². The molecular weight excluding hydrogens is 336 g/mol. The highest BCUT2D eigenvalue weighted by molar-refractivity contribution is 8.14. The molecule has 0 amide bonds. The van der Waals surface area contributed by atoms with E-state index in [1.165, 1.54) is 0 Å². The van der Waals surface area contributed by atoms with Crippen molar-refractivity contribution in [3.05, 3.63) is 96.1 Å². The third-order valence-electron chi connectivity index (χ3n) is 3.24. The van der Waals surface area contributed by atoms with Crippen molar-refractivity contribution >= 4 is 33.8 Å². The van der Waals surface area contributed by atoms with Gasteiger partial charge in [-0.3, -0.25) is 9.59 Å². The molecule has 0 spiro atoms. The molecule has 118 valence electrons. The molecule has 0 N–H and O–H groups in total. The fourth-order valence-corrected chi connectivity index (χ4v) is 3.59. The maximum atomic E-state index is 12.4. The topological polar surface area (TPSA) is 34.1 Å². The normalized spacial score (nSPS) is 10.3. The fourth-order valence-electron chi connectivity index (χ4n) is 2.08. The van der Waals surface area contributed by atoms with E-state index in [4.69, 9.17) is 0 Å². The highest BCUT2D eigenvalue weighted by Crippen LogP contribution is 2.26. The first-order chi connectivity index (χ1) is 11.7. The molecule has 0 fully saturated rings. The van der Waals surface area contributed by atoms with E-state index in [0.717, 1.165) is 33.3 Å². The zero-order chi connectivity index (χ0) is 16.8. The molecule has 0 aliphatic rings. The van der Waals surface area contributed by atoms with Crippen LogP contribution in [-0.2, 0) is 0 Å². The predicted octanol–water partition coefficient (Wildman–Crippen LogP) is 5.55. The van der Waals surface area contributed by atoms with Crippen molar-refractivity contribution < 1.29 is 9.59 Å². The quantitative estimate of drug-likeness (QED) is 0.578. The van der Waals surface area contributed by atoms with Gasteiger partial charge in [-0.2, -0.15) is 0 Å². The van der Waals surface area contributed by atoms with Crippen LogP contribution in [0.3, 0.4) is 0 Å². The first kappa shape index (κ1) is 16.6. The summed E-state index contributed by atoms with van der Waals surface area (Å²) in [5, 5.41) is -0.138. The predicted molar refractivity (Wildman–Crippen MR) is 99.7 cm³/mol. The first-order valence-electron chi connectivity index (χ1n) is 7.37. The van der Waals surface area contributed by atoms with Gasteiger partial charge in [-0.05, 0) is 53.9 Å². The Bertz CT molecular complexity index is 777. The van der Waals surface area contributed by atoms with E-state index >= 15 is 0 Å². The van der Waals surface area contributed by atoms with Crippen molar-refractivity contribution in [3.8, 4) is 0 Å². The van der Waals surface area contributed by atoms with Crippen LogP contribution in [0.2, 0.25) is 0 Å². The number of benzene rings is 3. The molecule has 0 radical (unpaired) electrons. The Labute approximate surface area is 149 Å². The smallest absolute Gasteiger partial charge is 0.224 e. The average molecular weight is 350 g/mol. The Morgan fingerprint density at radius 1 is 0.542 bits per heavy atom. The summed E-state index contributed by atoms with van der Waals surface area (Å²) in [4.78, 5) is 26.6. The number of rotatable bonds is 4. The van der Waals surface area contributed by atoms with E-state index in [9.17, 15) is 9.59 Å². The van der Waals surface area contributed by atoms with Crippen molar-refractivity contribution in [1.82, 2.24) is 0 Å². The van der Waals surface area contributed by atoms with Crippen LogP contribution in [0.15, 0.2) is 94.7 Å². The van der Waals surface area contributed by atoms with Crippen molar-refractivity contribution in [1.29, 1.82) is 0 Å². The average Bonchev–Trinajstić information content (AvgIpc) is 2.63. The van der Waals surface area contributed by atoms with Gasteiger partial charge in [0.15, 0.2) is 0 Å². The van der Waals surface area contributed by atoms with Crippen LogP contribution >= 0.6 is 23.5 Å². The zero-order valence-corrected chi connectivity index (χ0v) is 14.3. The third-order valence-corrected chi connectivity index (χ3v) is 5.10. The number of hydrogen-bond donors (Lipinski definition) is 0. The lowest BCUT2D eigenvalue weighted by Crippen LogP contribution is -1.98. The number of hydrogen-bond acceptors (Lipinski definition) is 4. The molecule has 0 aliphatic heterocycles. The molecule has 0 unspecified atom stereocenters. The second-order valence-corrected chi connectivity index (χ2v) is 7.08. The Balaban J connectivity index is 1.74. The van der Waals surface area contributed by atoms with E-state index in [2.05, 4.69) is 0 Å². The lowest BCUT2D eigenvalue weighted by Gasteiger charge is -2.04. The van der Waals surface area contributed by atoms with Gasteiger partial charge in [0.1, 0.15) is 0 Å². The molecule has 0 saturated heterocycles. The van der Waals surface area contributed by atoms with Crippen molar-refractivity contribution in [2.75, 3.05) is 0 Å². The van der Waals surface area contributed by atoms with E-state index in [-0.39, 0.29) is 10.2 Å². The van der Waals surface area contributed by atoms with Crippen LogP contribution < -0.4 is 0 Å². The number of carbonyl (C=O) groups excluding carboxylic acids is 2. The molecule has 3 rings (SSSR count). The fraction of sp³-hybridized carbons (Fsp3) is 0. The number of thioether (sulfide) groups is 2. The minimum atomic E-state index is -0.0689. The van der Waals surface area contributed by atoms with Crippen LogP contribution in [0.25, 0.3) is 0 Å². The first-order valence-corrected chi connectivity index (χ1v) is 9.00. The van der Waals surface area contributed by atoms with Crippen molar-refractivity contribution in [3.63, 3.8) is 0 Å². The van der Waals surface area contributed by atoms with Crippen LogP contribution in [0.1, 0.15) is 20.7 Å². The highest BCUT2D eigenvalue weighted by atomic mass is 32.2. The Kier molecular flexibility index (Phi) is 5.51. The molecule has 0 atom stereocenters. The molecule has 4 heteroatoms. The molecule has 0 aromatic heterocycles. The molecule has 0 saturated carbocycles. The van der Waals surface area contributed by atoms with E-state index < -0.39 is 0 Å². The number of carbonyl (C=O) groups is 2. The maximum absolute atomic E-state index is 12.4. The molecule has 3 aromatic rings. The minimum absolute atomic E-state index is 0.0689. The summed E-state index contributed by atoms with van der Waals surface area (Å²) < 4.78 is 0.